The van der Waals surface area contributed by atoms with Crippen LogP contribution in [0.2, 0.25) is 5.02 Å². The fourth-order valence-corrected chi connectivity index (χ4v) is 4.04. The third-order valence-corrected chi connectivity index (χ3v) is 5.79. The molecule has 8 heteroatoms. The fraction of sp³-hybridized carbons (Fsp3) is 0.286. The lowest BCUT2D eigenvalue weighted by Crippen LogP contribution is -2.22. The molecule has 0 saturated carbocycles. The predicted molar refractivity (Wildman–Crippen MR) is 126 cm³/mol. The Morgan fingerprint density at radius 3 is 2.69 bits per heavy atom. The number of fused-ring (bicyclic) bond motifs is 1. The van der Waals surface area contributed by atoms with Gasteiger partial charge in [-0.1, -0.05) is 41.4 Å². The lowest BCUT2D eigenvalue weighted by molar-refractivity contribution is 0.216. The van der Waals surface area contributed by atoms with E-state index in [-0.39, 0.29) is 11.7 Å². The van der Waals surface area contributed by atoms with E-state index >= 15 is 0 Å². The van der Waals surface area contributed by atoms with Crippen molar-refractivity contribution in [1.82, 2.24) is 9.66 Å². The molecule has 5 nitrogen and oxygen atoms in total. The van der Waals surface area contributed by atoms with Crippen LogP contribution in [0, 0.1) is 0 Å². The van der Waals surface area contributed by atoms with Crippen molar-refractivity contribution in [2.24, 2.45) is 5.10 Å². The van der Waals surface area contributed by atoms with Crippen molar-refractivity contribution in [2.45, 2.75) is 39.7 Å². The van der Waals surface area contributed by atoms with Gasteiger partial charge in [0, 0.05) is 10.9 Å². The number of ether oxygens (including phenoxy) is 1. The molecule has 0 radical (unpaired) electrons. The first-order chi connectivity index (χ1) is 13.8. The predicted octanol–water partition coefficient (Wildman–Crippen LogP) is 6.20. The Bertz CT molecular complexity index is 1120. The highest BCUT2D eigenvalue weighted by Gasteiger charge is 2.13. The average Bonchev–Trinajstić information content (AvgIpc) is 2.70. The van der Waals surface area contributed by atoms with Crippen molar-refractivity contribution in [3.8, 4) is 5.75 Å². The topological polar surface area (TPSA) is 56.5 Å². The number of hydrogen-bond acceptors (Lipinski definition) is 4. The molecule has 0 aliphatic rings. The van der Waals surface area contributed by atoms with Gasteiger partial charge in [-0.3, -0.25) is 4.79 Å². The van der Waals surface area contributed by atoms with Crippen molar-refractivity contribution >= 4 is 60.6 Å². The molecule has 3 rings (SSSR count). The second kappa shape index (κ2) is 9.41. The molecule has 3 aromatic rings. The summed E-state index contributed by atoms with van der Waals surface area (Å²) < 4.78 is 8.75. The molecular weight excluding hydrogens is 522 g/mol. The fourth-order valence-electron chi connectivity index (χ4n) is 2.72. The number of rotatable bonds is 6. The number of aromatic nitrogens is 2. The van der Waals surface area contributed by atoms with Crippen molar-refractivity contribution in [1.29, 1.82) is 0 Å². The maximum Gasteiger partial charge on any atom is 0.282 e. The number of aryl methyl sites for hydroxylation is 1. The highest BCUT2D eigenvalue weighted by Crippen LogP contribution is 2.35. The number of hydrogen-bond donors (Lipinski definition) is 0. The highest BCUT2D eigenvalue weighted by atomic mass is 79.9. The lowest BCUT2D eigenvalue weighted by atomic mass is 10.2. The summed E-state index contributed by atoms with van der Waals surface area (Å²) in [6.07, 6.45) is 3.09. The molecule has 2 aromatic carbocycles. The molecule has 29 heavy (non-hydrogen) atoms. The van der Waals surface area contributed by atoms with Gasteiger partial charge in [0.1, 0.15) is 5.82 Å². The van der Waals surface area contributed by atoms with Gasteiger partial charge in [0.25, 0.3) is 5.56 Å². The van der Waals surface area contributed by atoms with Crippen LogP contribution in [-0.4, -0.2) is 22.0 Å². The molecule has 0 N–H and O–H groups in total. The van der Waals surface area contributed by atoms with E-state index in [0.717, 1.165) is 20.9 Å². The van der Waals surface area contributed by atoms with Gasteiger partial charge in [0.2, 0.25) is 0 Å². The van der Waals surface area contributed by atoms with Crippen LogP contribution in [0.5, 0.6) is 5.75 Å². The number of nitrogens with zero attached hydrogens (tertiary/aromatic N) is 3. The monoisotopic (exact) mass is 539 g/mol. The molecule has 1 atom stereocenters. The molecular formula is C21H20Br2ClN3O2. The molecule has 0 spiro atoms. The summed E-state index contributed by atoms with van der Waals surface area (Å²) in [4.78, 5) is 17.5. The van der Waals surface area contributed by atoms with E-state index in [1.807, 2.05) is 39.0 Å². The second-order valence-corrected chi connectivity index (χ2v) is 8.73. The summed E-state index contributed by atoms with van der Waals surface area (Å²) in [7, 11) is 0. The molecule has 0 amide bonds. The zero-order valence-corrected chi connectivity index (χ0v) is 20.2. The van der Waals surface area contributed by atoms with Crippen LogP contribution in [0.1, 0.15) is 38.6 Å². The van der Waals surface area contributed by atoms with E-state index < -0.39 is 0 Å². The molecule has 0 aliphatic carbocycles. The summed E-state index contributed by atoms with van der Waals surface area (Å²) >= 11 is 13.3. The second-order valence-electron chi connectivity index (χ2n) is 6.55. The minimum absolute atomic E-state index is 0.0528. The summed E-state index contributed by atoms with van der Waals surface area (Å²) in [5.41, 5.74) is 1.17. The minimum atomic E-state index is -0.216. The summed E-state index contributed by atoms with van der Waals surface area (Å²) in [6.45, 7) is 5.97. The SMILES string of the molecule is CCc1nc2ccc(Br)cc2c(=O)n1N=Cc1cc(Cl)c(O[C@@H](C)CC)c(Br)c1. The lowest BCUT2D eigenvalue weighted by Gasteiger charge is -2.15. The first kappa shape index (κ1) is 22.0. The van der Waals surface area contributed by atoms with E-state index in [4.69, 9.17) is 16.3 Å². The Morgan fingerprint density at radius 1 is 1.28 bits per heavy atom. The highest BCUT2D eigenvalue weighted by molar-refractivity contribution is 9.10. The maximum absolute atomic E-state index is 13.0. The Kier molecular flexibility index (Phi) is 7.14. The van der Waals surface area contributed by atoms with Crippen molar-refractivity contribution < 1.29 is 4.74 Å². The van der Waals surface area contributed by atoms with Crippen LogP contribution in [0.4, 0.5) is 0 Å². The van der Waals surface area contributed by atoms with Gasteiger partial charge in [0.15, 0.2) is 5.75 Å². The van der Waals surface area contributed by atoms with Crippen molar-refractivity contribution in [3.05, 3.63) is 66.0 Å². The van der Waals surface area contributed by atoms with Gasteiger partial charge >= 0.3 is 0 Å². The molecule has 1 aromatic heterocycles. The van der Waals surface area contributed by atoms with Gasteiger partial charge < -0.3 is 4.74 Å². The summed E-state index contributed by atoms with van der Waals surface area (Å²) in [6, 6.07) is 9.06. The number of halogens is 3. The zero-order valence-electron chi connectivity index (χ0n) is 16.2. The van der Waals surface area contributed by atoms with E-state index in [1.54, 1.807) is 18.3 Å². The quantitative estimate of drug-likeness (QED) is 0.350. The van der Waals surface area contributed by atoms with Crippen molar-refractivity contribution in [3.63, 3.8) is 0 Å². The van der Waals surface area contributed by atoms with E-state index in [2.05, 4.69) is 41.9 Å². The van der Waals surface area contributed by atoms with E-state index in [9.17, 15) is 4.79 Å². The standard InChI is InChI=1S/C21H20Br2ClN3O2/c1-4-12(3)29-20-16(23)8-13(9-17(20)24)11-25-27-19(5-2)26-18-7-6-14(22)10-15(18)21(27)28/h6-12H,4-5H2,1-3H3/t12-/m0/s1. The Balaban J connectivity index is 2.02. The third-order valence-electron chi connectivity index (χ3n) is 4.43. The zero-order chi connectivity index (χ0) is 21.1. The van der Waals surface area contributed by atoms with Crippen LogP contribution >= 0.6 is 43.5 Å². The molecule has 0 saturated heterocycles. The first-order valence-corrected chi connectivity index (χ1v) is 11.2. The Morgan fingerprint density at radius 2 is 2.03 bits per heavy atom. The van der Waals surface area contributed by atoms with Gasteiger partial charge in [-0.2, -0.15) is 9.78 Å². The van der Waals surface area contributed by atoms with Gasteiger partial charge in [0.05, 0.1) is 32.7 Å². The van der Waals surface area contributed by atoms with Gasteiger partial charge in [-0.15, -0.1) is 0 Å². The molecule has 0 unspecified atom stereocenters. The van der Waals surface area contributed by atoms with Gasteiger partial charge in [-0.25, -0.2) is 4.98 Å². The summed E-state index contributed by atoms with van der Waals surface area (Å²) in [5.74, 6) is 1.18. The largest absolute Gasteiger partial charge is 0.488 e. The maximum atomic E-state index is 13.0. The smallest absolute Gasteiger partial charge is 0.282 e. The third kappa shape index (κ3) is 4.90. The summed E-state index contributed by atoms with van der Waals surface area (Å²) in [5, 5.41) is 5.38. The minimum Gasteiger partial charge on any atom is -0.488 e. The Hall–Kier alpha value is -1.70. The van der Waals surface area contributed by atoms with Crippen LogP contribution in [0.3, 0.4) is 0 Å². The molecule has 0 bridgehead atoms. The van der Waals surface area contributed by atoms with E-state index in [0.29, 0.717) is 33.9 Å². The number of benzene rings is 2. The first-order valence-electron chi connectivity index (χ1n) is 9.25. The molecule has 1 heterocycles. The molecule has 0 fully saturated rings. The average molecular weight is 542 g/mol. The Labute approximate surface area is 191 Å². The molecule has 0 aliphatic heterocycles. The van der Waals surface area contributed by atoms with Crippen molar-refractivity contribution in [2.75, 3.05) is 0 Å². The molecule has 152 valence electrons. The van der Waals surface area contributed by atoms with Crippen LogP contribution < -0.4 is 10.3 Å². The normalized spacial score (nSPS) is 12.6. The van der Waals surface area contributed by atoms with Crippen LogP contribution in [0.15, 0.2) is 49.2 Å². The van der Waals surface area contributed by atoms with E-state index in [1.165, 1.54) is 4.68 Å². The van der Waals surface area contributed by atoms with Crippen LogP contribution in [-0.2, 0) is 6.42 Å². The van der Waals surface area contributed by atoms with Gasteiger partial charge in [-0.05, 0) is 65.2 Å². The van der Waals surface area contributed by atoms with Crippen LogP contribution in [0.25, 0.3) is 10.9 Å².